The molecule has 0 saturated heterocycles. The average molecular weight is 392 g/mol. The number of benzene rings is 1. The lowest BCUT2D eigenvalue weighted by atomic mass is 9.74. The molecule has 1 amide bonds. The Hall–Kier alpha value is -3.02. The second-order valence-electron chi connectivity index (χ2n) is 8.46. The third kappa shape index (κ3) is 4.36. The number of rotatable bonds is 5. The summed E-state index contributed by atoms with van der Waals surface area (Å²) in [5, 5.41) is 7.76. The van der Waals surface area contributed by atoms with Gasteiger partial charge in [-0.15, -0.1) is 0 Å². The summed E-state index contributed by atoms with van der Waals surface area (Å²) in [5.74, 6) is -0.237. The van der Waals surface area contributed by atoms with Gasteiger partial charge in [0.15, 0.2) is 0 Å². The molecule has 0 radical (unpaired) electrons. The number of carbonyl (C=O) groups is 1. The first-order chi connectivity index (χ1) is 13.9. The highest BCUT2D eigenvalue weighted by Gasteiger charge is 2.35. The molecule has 0 bridgehead atoms. The number of aryl methyl sites for hydroxylation is 1. The Labute approximate surface area is 170 Å². The number of pyridine rings is 1. The fraction of sp³-hybridized carbons (Fsp3) is 0.348. The first-order valence-corrected chi connectivity index (χ1v) is 9.92. The van der Waals surface area contributed by atoms with Crippen molar-refractivity contribution in [2.24, 2.45) is 5.41 Å². The zero-order valence-corrected chi connectivity index (χ0v) is 16.7. The SMILES string of the molecule is CC1(C)Cc2c(cnn2-c2ccc(F)cc2)[C@@H](NC(=O)CCc2ccncc2)C1. The van der Waals surface area contributed by atoms with E-state index in [0.717, 1.165) is 35.3 Å². The minimum Gasteiger partial charge on any atom is -0.349 e. The summed E-state index contributed by atoms with van der Waals surface area (Å²) in [5.41, 5.74) is 4.07. The predicted octanol–water partition coefficient (Wildman–Crippen LogP) is 4.17. The Morgan fingerprint density at radius 3 is 2.66 bits per heavy atom. The number of hydrogen-bond acceptors (Lipinski definition) is 3. The van der Waals surface area contributed by atoms with Gasteiger partial charge in [0, 0.05) is 24.4 Å². The lowest BCUT2D eigenvalue weighted by Crippen LogP contribution is -2.36. The summed E-state index contributed by atoms with van der Waals surface area (Å²) in [6, 6.07) is 10.1. The van der Waals surface area contributed by atoms with E-state index in [1.165, 1.54) is 12.1 Å². The second-order valence-corrected chi connectivity index (χ2v) is 8.46. The smallest absolute Gasteiger partial charge is 0.220 e. The van der Waals surface area contributed by atoms with Crippen molar-refractivity contribution in [2.45, 2.75) is 45.6 Å². The molecule has 0 unspecified atom stereocenters. The number of amides is 1. The summed E-state index contributed by atoms with van der Waals surface area (Å²) in [6.07, 6.45) is 8.15. The number of carbonyl (C=O) groups excluding carboxylic acids is 1. The topological polar surface area (TPSA) is 59.8 Å². The van der Waals surface area contributed by atoms with E-state index in [1.54, 1.807) is 24.5 Å². The van der Waals surface area contributed by atoms with E-state index in [-0.39, 0.29) is 23.2 Å². The maximum Gasteiger partial charge on any atom is 0.220 e. The third-order valence-electron chi connectivity index (χ3n) is 5.48. The third-order valence-corrected chi connectivity index (χ3v) is 5.48. The summed E-state index contributed by atoms with van der Waals surface area (Å²) in [6.45, 7) is 4.40. The molecule has 1 atom stereocenters. The van der Waals surface area contributed by atoms with Gasteiger partial charge in [-0.2, -0.15) is 5.10 Å². The number of fused-ring (bicyclic) bond motifs is 1. The predicted molar refractivity (Wildman–Crippen MR) is 109 cm³/mol. The fourth-order valence-corrected chi connectivity index (χ4v) is 4.05. The molecule has 150 valence electrons. The maximum atomic E-state index is 13.3. The van der Waals surface area contributed by atoms with E-state index in [2.05, 4.69) is 29.2 Å². The molecule has 6 heteroatoms. The molecule has 0 fully saturated rings. The van der Waals surface area contributed by atoms with Crippen molar-refractivity contribution in [3.63, 3.8) is 0 Å². The molecule has 29 heavy (non-hydrogen) atoms. The van der Waals surface area contributed by atoms with Gasteiger partial charge in [-0.1, -0.05) is 13.8 Å². The molecule has 1 aromatic carbocycles. The number of nitrogens with one attached hydrogen (secondary N) is 1. The van der Waals surface area contributed by atoms with Gasteiger partial charge in [0.25, 0.3) is 0 Å². The standard InChI is InChI=1S/C23H25FN4O/c1-23(2)13-20(27-22(29)8-3-16-9-11-25-12-10-16)19-15-26-28(21(19)14-23)18-6-4-17(24)5-7-18/h4-7,9-12,15,20H,3,8,13-14H2,1-2H3,(H,27,29)/t20-/m0/s1. The van der Waals surface area contributed by atoms with Crippen LogP contribution in [0.2, 0.25) is 0 Å². The molecule has 5 nitrogen and oxygen atoms in total. The lowest BCUT2D eigenvalue weighted by Gasteiger charge is -2.36. The Morgan fingerprint density at radius 2 is 1.93 bits per heavy atom. The summed E-state index contributed by atoms with van der Waals surface area (Å²) in [4.78, 5) is 16.6. The van der Waals surface area contributed by atoms with Gasteiger partial charge in [-0.3, -0.25) is 9.78 Å². The molecule has 0 saturated carbocycles. The molecule has 1 aliphatic carbocycles. The van der Waals surface area contributed by atoms with Crippen molar-refractivity contribution in [1.29, 1.82) is 0 Å². The van der Waals surface area contributed by atoms with E-state index in [9.17, 15) is 9.18 Å². The van der Waals surface area contributed by atoms with Crippen molar-refractivity contribution < 1.29 is 9.18 Å². The van der Waals surface area contributed by atoms with Crippen molar-refractivity contribution in [2.75, 3.05) is 0 Å². The van der Waals surface area contributed by atoms with Crippen LogP contribution >= 0.6 is 0 Å². The highest BCUT2D eigenvalue weighted by atomic mass is 19.1. The summed E-state index contributed by atoms with van der Waals surface area (Å²) in [7, 11) is 0. The van der Waals surface area contributed by atoms with Crippen LogP contribution in [0.25, 0.3) is 5.69 Å². The van der Waals surface area contributed by atoms with Gasteiger partial charge in [-0.25, -0.2) is 9.07 Å². The monoisotopic (exact) mass is 392 g/mol. The van der Waals surface area contributed by atoms with Crippen LogP contribution in [-0.4, -0.2) is 20.7 Å². The zero-order chi connectivity index (χ0) is 20.4. The largest absolute Gasteiger partial charge is 0.349 e. The fourth-order valence-electron chi connectivity index (χ4n) is 4.05. The van der Waals surface area contributed by atoms with E-state index in [1.807, 2.05) is 23.0 Å². The molecule has 1 aliphatic rings. The van der Waals surface area contributed by atoms with Crippen LogP contribution in [0.15, 0.2) is 55.0 Å². The van der Waals surface area contributed by atoms with Crippen molar-refractivity contribution in [3.05, 3.63) is 77.6 Å². The van der Waals surface area contributed by atoms with Gasteiger partial charge in [0.1, 0.15) is 5.82 Å². The van der Waals surface area contributed by atoms with Gasteiger partial charge in [0.05, 0.1) is 23.6 Å². The van der Waals surface area contributed by atoms with Crippen LogP contribution in [0.5, 0.6) is 0 Å². The molecular weight excluding hydrogens is 367 g/mol. The number of nitrogens with zero attached hydrogens (tertiary/aromatic N) is 3. The van der Waals surface area contributed by atoms with Gasteiger partial charge in [-0.05, 0) is 66.6 Å². The van der Waals surface area contributed by atoms with Crippen LogP contribution in [0, 0.1) is 11.2 Å². The van der Waals surface area contributed by atoms with Gasteiger partial charge >= 0.3 is 0 Å². The molecule has 0 spiro atoms. The second kappa shape index (κ2) is 7.78. The van der Waals surface area contributed by atoms with Gasteiger partial charge in [0.2, 0.25) is 5.91 Å². The van der Waals surface area contributed by atoms with E-state index in [4.69, 9.17) is 0 Å². The van der Waals surface area contributed by atoms with Crippen LogP contribution in [0.4, 0.5) is 4.39 Å². The molecule has 3 aromatic rings. The van der Waals surface area contributed by atoms with Crippen molar-refractivity contribution in [3.8, 4) is 5.69 Å². The lowest BCUT2D eigenvalue weighted by molar-refractivity contribution is -0.122. The summed E-state index contributed by atoms with van der Waals surface area (Å²) < 4.78 is 15.2. The number of halogens is 1. The van der Waals surface area contributed by atoms with Crippen LogP contribution in [0.3, 0.4) is 0 Å². The molecule has 2 aromatic heterocycles. The molecular formula is C23H25FN4O. The Kier molecular flexibility index (Phi) is 5.18. The minimum atomic E-state index is -0.269. The first-order valence-electron chi connectivity index (χ1n) is 9.92. The number of aromatic nitrogens is 3. The molecule has 4 rings (SSSR count). The average Bonchev–Trinajstić information content (AvgIpc) is 3.10. The molecule has 0 aliphatic heterocycles. The van der Waals surface area contributed by atoms with E-state index in [0.29, 0.717) is 12.8 Å². The highest BCUT2D eigenvalue weighted by molar-refractivity contribution is 5.76. The van der Waals surface area contributed by atoms with Gasteiger partial charge < -0.3 is 5.32 Å². The van der Waals surface area contributed by atoms with E-state index < -0.39 is 0 Å². The Balaban J connectivity index is 1.53. The summed E-state index contributed by atoms with van der Waals surface area (Å²) >= 11 is 0. The first kappa shape index (κ1) is 19.3. The van der Waals surface area contributed by atoms with E-state index >= 15 is 0 Å². The number of hydrogen-bond donors (Lipinski definition) is 1. The van der Waals surface area contributed by atoms with Crippen LogP contribution in [-0.2, 0) is 17.6 Å². The van der Waals surface area contributed by atoms with Crippen molar-refractivity contribution >= 4 is 5.91 Å². The molecule has 2 heterocycles. The Morgan fingerprint density at radius 1 is 1.21 bits per heavy atom. The highest BCUT2D eigenvalue weighted by Crippen LogP contribution is 2.41. The van der Waals surface area contributed by atoms with Crippen LogP contribution in [0.1, 0.15) is 49.6 Å². The quantitative estimate of drug-likeness (QED) is 0.709. The van der Waals surface area contributed by atoms with Crippen molar-refractivity contribution in [1.82, 2.24) is 20.1 Å². The minimum absolute atomic E-state index is 0.0217. The normalized spacial score (nSPS) is 17.6. The maximum absolute atomic E-state index is 13.3. The molecule has 1 N–H and O–H groups in total. The zero-order valence-electron chi connectivity index (χ0n) is 16.7. The Bertz CT molecular complexity index is 995. The van der Waals surface area contributed by atoms with Crippen LogP contribution < -0.4 is 5.32 Å².